The van der Waals surface area contributed by atoms with E-state index in [0.717, 1.165) is 0 Å². The lowest BCUT2D eigenvalue weighted by Crippen LogP contribution is -2.47. The third-order valence-electron chi connectivity index (χ3n) is 6.11. The van der Waals surface area contributed by atoms with E-state index in [1.165, 1.54) is 41.5 Å². The molecule has 8 nitrogen and oxygen atoms in total. The normalized spacial score (nSPS) is 22.1. The van der Waals surface area contributed by atoms with Crippen molar-refractivity contribution in [3.05, 3.63) is 61.9 Å². The van der Waals surface area contributed by atoms with Gasteiger partial charge in [-0.1, -0.05) is 22.0 Å². The Hall–Kier alpha value is -2.77. The average molecular weight is 586 g/mol. The Morgan fingerprint density at radius 3 is 2.69 bits per heavy atom. The number of halogens is 4. The summed E-state index contributed by atoms with van der Waals surface area (Å²) in [6.45, 7) is 1.12. The van der Waals surface area contributed by atoms with Crippen molar-refractivity contribution in [2.24, 2.45) is 4.99 Å². The number of likely N-dealkylation sites (tertiary alicyclic amines) is 1. The van der Waals surface area contributed by atoms with Crippen LogP contribution in [0.4, 0.5) is 13.2 Å². The van der Waals surface area contributed by atoms with Crippen molar-refractivity contribution in [3.63, 3.8) is 0 Å². The number of hydrogen-bond acceptors (Lipinski definition) is 7. The van der Waals surface area contributed by atoms with Crippen LogP contribution in [0.3, 0.4) is 0 Å². The van der Waals surface area contributed by atoms with E-state index in [2.05, 4.69) is 26.2 Å². The fourth-order valence-electron chi connectivity index (χ4n) is 4.56. The first-order valence-electron chi connectivity index (χ1n) is 11.1. The maximum atomic E-state index is 14.4. The van der Waals surface area contributed by atoms with Crippen LogP contribution < -0.4 is 5.32 Å². The van der Waals surface area contributed by atoms with Crippen LogP contribution in [-0.4, -0.2) is 76.2 Å². The molecular weight excluding hydrogens is 563 g/mol. The SMILES string of the molecule is CCN1C(c2nccs2)=N[C@@H](c2ccc(F)cc2Br)C(C(=O)O)=C1CN1CC(F)(F)C[C@H]1C(=O)NC. The molecule has 2 aliphatic rings. The number of aliphatic imine (C=N–C) groups is 1. The van der Waals surface area contributed by atoms with Crippen molar-refractivity contribution >= 4 is 45.0 Å². The molecule has 1 saturated heterocycles. The zero-order chi connectivity index (χ0) is 26.2. The molecule has 2 atom stereocenters. The molecule has 1 aromatic heterocycles. The molecule has 13 heteroatoms. The van der Waals surface area contributed by atoms with Crippen molar-refractivity contribution in [2.45, 2.75) is 31.4 Å². The highest BCUT2D eigenvalue weighted by Gasteiger charge is 2.49. The van der Waals surface area contributed by atoms with Crippen molar-refractivity contribution in [3.8, 4) is 0 Å². The minimum Gasteiger partial charge on any atom is -0.478 e. The fraction of sp³-hybridized carbons (Fsp3) is 0.391. The molecule has 0 radical (unpaired) electrons. The van der Waals surface area contributed by atoms with E-state index in [1.807, 2.05) is 0 Å². The molecule has 3 heterocycles. The summed E-state index contributed by atoms with van der Waals surface area (Å²) in [6, 6.07) is 1.64. The standard InChI is InChI=1S/C23H23BrF3N5O3S/c1-3-32-16(10-31-11-23(26,27)9-15(31)20(33)28-2)17(22(34)35)18(13-5-4-12(25)8-14(13)24)30-19(32)21-29-6-7-36-21/h4-8,15,18H,3,9-11H2,1-2H3,(H,28,33)(H,34,35)/t15-,18-/m0/s1. The van der Waals surface area contributed by atoms with E-state index in [9.17, 15) is 27.9 Å². The second-order valence-electron chi connectivity index (χ2n) is 8.36. The molecular formula is C23H23BrF3N5O3S. The highest BCUT2D eigenvalue weighted by atomic mass is 79.9. The molecule has 1 aromatic carbocycles. The van der Waals surface area contributed by atoms with Gasteiger partial charge in [0, 0.05) is 48.3 Å². The number of likely N-dealkylation sites (N-methyl/N-ethyl adjacent to an activating group) is 2. The van der Waals surface area contributed by atoms with Crippen LogP contribution in [0, 0.1) is 5.82 Å². The minimum atomic E-state index is -3.11. The zero-order valence-corrected chi connectivity index (χ0v) is 21.7. The Kier molecular flexibility index (Phi) is 7.53. The van der Waals surface area contributed by atoms with Crippen molar-refractivity contribution < 1.29 is 27.9 Å². The second kappa shape index (κ2) is 10.3. The maximum absolute atomic E-state index is 14.4. The number of amides is 1. The van der Waals surface area contributed by atoms with Crippen LogP contribution in [0.2, 0.25) is 0 Å². The molecule has 4 rings (SSSR count). The van der Waals surface area contributed by atoms with Crippen molar-refractivity contribution in [1.29, 1.82) is 0 Å². The van der Waals surface area contributed by atoms with E-state index in [1.54, 1.807) is 23.4 Å². The van der Waals surface area contributed by atoms with Crippen LogP contribution in [0.5, 0.6) is 0 Å². The highest BCUT2D eigenvalue weighted by Crippen LogP contribution is 2.40. The number of benzene rings is 1. The molecule has 0 bridgehead atoms. The number of amidine groups is 1. The quantitative estimate of drug-likeness (QED) is 0.514. The van der Waals surface area contributed by atoms with E-state index in [0.29, 0.717) is 20.9 Å². The summed E-state index contributed by atoms with van der Waals surface area (Å²) >= 11 is 4.60. The third-order valence-corrected chi connectivity index (χ3v) is 7.57. The van der Waals surface area contributed by atoms with Gasteiger partial charge in [-0.3, -0.25) is 14.7 Å². The van der Waals surface area contributed by atoms with Gasteiger partial charge in [-0.05, 0) is 24.6 Å². The number of carboxylic acids is 1. The number of aromatic nitrogens is 1. The molecule has 2 N–H and O–H groups in total. The number of aliphatic carboxylic acids is 1. The van der Waals surface area contributed by atoms with E-state index in [4.69, 9.17) is 4.99 Å². The predicted molar refractivity (Wildman–Crippen MR) is 132 cm³/mol. The summed E-state index contributed by atoms with van der Waals surface area (Å²) in [5.41, 5.74) is 0.471. The number of nitrogens with zero attached hydrogens (tertiary/aromatic N) is 4. The lowest BCUT2D eigenvalue weighted by atomic mass is 9.94. The number of carbonyl (C=O) groups is 2. The Morgan fingerprint density at radius 1 is 1.36 bits per heavy atom. The smallest absolute Gasteiger partial charge is 0.335 e. The monoisotopic (exact) mass is 585 g/mol. The van der Waals surface area contributed by atoms with Crippen LogP contribution in [0.25, 0.3) is 0 Å². The average Bonchev–Trinajstić information content (AvgIpc) is 3.45. The van der Waals surface area contributed by atoms with Gasteiger partial charge in [0.2, 0.25) is 5.91 Å². The Labute approximate surface area is 217 Å². The maximum Gasteiger partial charge on any atom is 0.335 e. The summed E-state index contributed by atoms with van der Waals surface area (Å²) in [4.78, 5) is 37.0. The highest BCUT2D eigenvalue weighted by molar-refractivity contribution is 9.10. The predicted octanol–water partition coefficient (Wildman–Crippen LogP) is 3.66. The Morgan fingerprint density at radius 2 is 2.11 bits per heavy atom. The number of hydrogen-bond donors (Lipinski definition) is 2. The van der Waals surface area contributed by atoms with Gasteiger partial charge < -0.3 is 15.3 Å². The minimum absolute atomic E-state index is 0.143. The van der Waals surface area contributed by atoms with Crippen molar-refractivity contribution in [2.75, 3.05) is 26.7 Å². The largest absolute Gasteiger partial charge is 0.478 e. The number of carbonyl (C=O) groups excluding carboxylic acids is 1. The first kappa shape index (κ1) is 26.3. The van der Waals surface area contributed by atoms with Gasteiger partial charge >= 0.3 is 5.97 Å². The fourth-order valence-corrected chi connectivity index (χ4v) is 5.77. The van der Waals surface area contributed by atoms with Crippen LogP contribution >= 0.6 is 27.3 Å². The van der Waals surface area contributed by atoms with E-state index >= 15 is 0 Å². The van der Waals surface area contributed by atoms with E-state index in [-0.39, 0.29) is 24.4 Å². The van der Waals surface area contributed by atoms with Gasteiger partial charge in [0.1, 0.15) is 11.9 Å². The number of carboxylic acid groups (broad SMARTS) is 1. The molecule has 2 aromatic rings. The van der Waals surface area contributed by atoms with E-state index < -0.39 is 48.7 Å². The van der Waals surface area contributed by atoms with Gasteiger partial charge in [-0.15, -0.1) is 11.3 Å². The number of nitrogens with one attached hydrogen (secondary N) is 1. The lowest BCUT2D eigenvalue weighted by molar-refractivity contribution is -0.133. The first-order valence-corrected chi connectivity index (χ1v) is 12.7. The molecule has 36 heavy (non-hydrogen) atoms. The molecule has 192 valence electrons. The summed E-state index contributed by atoms with van der Waals surface area (Å²) in [6.07, 6.45) is 0.909. The molecule has 1 fully saturated rings. The molecule has 1 amide bonds. The van der Waals surface area contributed by atoms with Gasteiger partial charge in [-0.25, -0.2) is 22.9 Å². The number of rotatable bonds is 7. The summed E-state index contributed by atoms with van der Waals surface area (Å²) in [5, 5.41) is 15.0. The zero-order valence-electron chi connectivity index (χ0n) is 19.3. The molecule has 0 aliphatic carbocycles. The number of thiazole rings is 1. The number of alkyl halides is 2. The third kappa shape index (κ3) is 5.04. The summed E-state index contributed by atoms with van der Waals surface area (Å²) < 4.78 is 43.0. The van der Waals surface area contributed by atoms with Gasteiger partial charge in [0.05, 0.1) is 18.2 Å². The molecule has 2 aliphatic heterocycles. The molecule has 0 unspecified atom stereocenters. The van der Waals surface area contributed by atoms with Crippen molar-refractivity contribution in [1.82, 2.24) is 20.1 Å². The molecule has 0 saturated carbocycles. The molecule has 0 spiro atoms. The Balaban J connectivity index is 1.89. The Bertz CT molecular complexity index is 1240. The lowest BCUT2D eigenvalue weighted by Gasteiger charge is -2.37. The second-order valence-corrected chi connectivity index (χ2v) is 10.1. The topological polar surface area (TPSA) is 98.1 Å². The first-order chi connectivity index (χ1) is 17.1. The van der Waals surface area contributed by atoms with Crippen LogP contribution in [0.15, 0.2) is 50.5 Å². The summed E-state index contributed by atoms with van der Waals surface area (Å²) in [7, 11) is 1.37. The van der Waals surface area contributed by atoms with Crippen LogP contribution in [-0.2, 0) is 9.59 Å². The van der Waals surface area contributed by atoms with Gasteiger partial charge in [0.25, 0.3) is 5.92 Å². The van der Waals surface area contributed by atoms with Gasteiger partial charge in [0.15, 0.2) is 10.8 Å². The van der Waals surface area contributed by atoms with Crippen LogP contribution in [0.1, 0.15) is 30.0 Å². The van der Waals surface area contributed by atoms with Gasteiger partial charge in [-0.2, -0.15) is 0 Å². The summed E-state index contributed by atoms with van der Waals surface area (Å²) in [5.74, 6) is -5.13.